The van der Waals surface area contributed by atoms with Gasteiger partial charge in [-0.25, -0.2) is 4.98 Å². The van der Waals surface area contributed by atoms with Gasteiger partial charge in [-0.15, -0.1) is 0 Å². The number of halogens is 2. The predicted octanol–water partition coefficient (Wildman–Crippen LogP) is 1.13. The average molecular weight is 251 g/mol. The standard InChI is InChI=1S/C9H12Cl2N2O2/c10-7-2-1-5(9(11)13-7)8(15)6(14)3-4-12/h1-2,6,8,14-15H,3-4,12H2. The van der Waals surface area contributed by atoms with Crippen molar-refractivity contribution >= 4 is 23.2 Å². The summed E-state index contributed by atoms with van der Waals surface area (Å²) >= 11 is 11.4. The Balaban J connectivity index is 2.86. The molecule has 0 saturated heterocycles. The summed E-state index contributed by atoms with van der Waals surface area (Å²) in [5.41, 5.74) is 5.62. The number of nitrogens with zero attached hydrogens (tertiary/aromatic N) is 1. The van der Waals surface area contributed by atoms with Crippen LogP contribution in [0.3, 0.4) is 0 Å². The van der Waals surface area contributed by atoms with Crippen LogP contribution in [-0.4, -0.2) is 27.8 Å². The van der Waals surface area contributed by atoms with E-state index in [1.807, 2.05) is 0 Å². The van der Waals surface area contributed by atoms with E-state index in [1.165, 1.54) is 12.1 Å². The lowest BCUT2D eigenvalue weighted by Crippen LogP contribution is -2.22. The lowest BCUT2D eigenvalue weighted by atomic mass is 10.0. The Morgan fingerprint density at radius 2 is 2.00 bits per heavy atom. The fourth-order valence-corrected chi connectivity index (χ4v) is 1.64. The molecule has 4 nitrogen and oxygen atoms in total. The molecule has 0 radical (unpaired) electrons. The van der Waals surface area contributed by atoms with Gasteiger partial charge in [0.1, 0.15) is 16.4 Å². The summed E-state index contributed by atoms with van der Waals surface area (Å²) in [4.78, 5) is 3.77. The molecule has 15 heavy (non-hydrogen) atoms. The number of nitrogens with two attached hydrogens (primary N) is 1. The summed E-state index contributed by atoms with van der Waals surface area (Å²) in [7, 11) is 0. The van der Waals surface area contributed by atoms with E-state index in [4.69, 9.17) is 28.9 Å². The quantitative estimate of drug-likeness (QED) is 0.701. The number of aliphatic hydroxyl groups excluding tert-OH is 2. The summed E-state index contributed by atoms with van der Waals surface area (Å²) in [5, 5.41) is 19.6. The highest BCUT2D eigenvalue weighted by Crippen LogP contribution is 2.26. The summed E-state index contributed by atoms with van der Waals surface area (Å²) in [5.74, 6) is 0. The van der Waals surface area contributed by atoms with Gasteiger partial charge in [-0.2, -0.15) is 0 Å². The molecule has 2 atom stereocenters. The maximum atomic E-state index is 9.72. The maximum absolute atomic E-state index is 9.72. The third-order valence-electron chi connectivity index (χ3n) is 1.99. The molecule has 1 rings (SSSR count). The zero-order valence-electron chi connectivity index (χ0n) is 7.90. The van der Waals surface area contributed by atoms with Crippen LogP contribution in [0.15, 0.2) is 12.1 Å². The van der Waals surface area contributed by atoms with Crippen LogP contribution in [0, 0.1) is 0 Å². The van der Waals surface area contributed by atoms with Crippen LogP contribution in [-0.2, 0) is 0 Å². The number of rotatable bonds is 4. The van der Waals surface area contributed by atoms with Gasteiger partial charge in [0.05, 0.1) is 6.10 Å². The Hall–Kier alpha value is -0.390. The second-order valence-corrected chi connectivity index (χ2v) is 3.85. The van der Waals surface area contributed by atoms with Crippen molar-refractivity contribution in [3.05, 3.63) is 28.0 Å². The SMILES string of the molecule is NCCC(O)C(O)c1ccc(Cl)nc1Cl. The van der Waals surface area contributed by atoms with E-state index in [9.17, 15) is 10.2 Å². The fraction of sp³-hybridized carbons (Fsp3) is 0.444. The third-order valence-corrected chi connectivity index (χ3v) is 2.50. The molecule has 1 heterocycles. The van der Waals surface area contributed by atoms with E-state index in [-0.39, 0.29) is 16.9 Å². The number of pyridine rings is 1. The molecule has 0 aliphatic carbocycles. The van der Waals surface area contributed by atoms with Gasteiger partial charge in [0.2, 0.25) is 0 Å². The van der Waals surface area contributed by atoms with E-state index in [0.29, 0.717) is 12.0 Å². The molecule has 84 valence electrons. The van der Waals surface area contributed by atoms with Crippen LogP contribution in [0.5, 0.6) is 0 Å². The molecule has 6 heteroatoms. The van der Waals surface area contributed by atoms with Gasteiger partial charge in [0.25, 0.3) is 0 Å². The van der Waals surface area contributed by atoms with Gasteiger partial charge >= 0.3 is 0 Å². The lowest BCUT2D eigenvalue weighted by Gasteiger charge is -2.17. The van der Waals surface area contributed by atoms with Gasteiger partial charge in [-0.3, -0.25) is 0 Å². The summed E-state index contributed by atoms with van der Waals surface area (Å²) in [6, 6.07) is 3.03. The van der Waals surface area contributed by atoms with Crippen LogP contribution in [0.1, 0.15) is 18.1 Å². The van der Waals surface area contributed by atoms with Gasteiger partial charge in [-0.1, -0.05) is 29.3 Å². The molecular weight excluding hydrogens is 239 g/mol. The largest absolute Gasteiger partial charge is 0.390 e. The lowest BCUT2D eigenvalue weighted by molar-refractivity contribution is 0.0149. The molecule has 0 bridgehead atoms. The van der Waals surface area contributed by atoms with Crippen LogP contribution in [0.2, 0.25) is 10.3 Å². The maximum Gasteiger partial charge on any atom is 0.136 e. The summed E-state index contributed by atoms with van der Waals surface area (Å²) < 4.78 is 0. The highest BCUT2D eigenvalue weighted by molar-refractivity contribution is 6.32. The summed E-state index contributed by atoms with van der Waals surface area (Å²) in [6.45, 7) is 0.289. The minimum Gasteiger partial charge on any atom is -0.390 e. The second-order valence-electron chi connectivity index (χ2n) is 3.10. The molecule has 0 aliphatic rings. The first-order valence-electron chi connectivity index (χ1n) is 4.44. The zero-order chi connectivity index (χ0) is 11.4. The van der Waals surface area contributed by atoms with Crippen molar-refractivity contribution in [2.24, 2.45) is 5.73 Å². The Kier molecular flexibility index (Phi) is 4.76. The molecule has 0 spiro atoms. The minimum atomic E-state index is -1.09. The van der Waals surface area contributed by atoms with E-state index >= 15 is 0 Å². The molecule has 0 fully saturated rings. The van der Waals surface area contributed by atoms with Crippen LogP contribution in [0.4, 0.5) is 0 Å². The van der Waals surface area contributed by atoms with Crippen LogP contribution in [0.25, 0.3) is 0 Å². The van der Waals surface area contributed by atoms with Crippen molar-refractivity contribution in [3.8, 4) is 0 Å². The van der Waals surface area contributed by atoms with Crippen molar-refractivity contribution < 1.29 is 10.2 Å². The Bertz CT molecular complexity index is 336. The monoisotopic (exact) mass is 250 g/mol. The van der Waals surface area contributed by atoms with Gasteiger partial charge in [-0.05, 0) is 19.0 Å². The number of hydrogen-bond acceptors (Lipinski definition) is 4. The third kappa shape index (κ3) is 3.29. The molecule has 0 amide bonds. The molecular formula is C9H12Cl2N2O2. The molecule has 4 N–H and O–H groups in total. The molecule has 0 aliphatic heterocycles. The second kappa shape index (κ2) is 5.63. The number of hydrogen-bond donors (Lipinski definition) is 3. The predicted molar refractivity (Wildman–Crippen MR) is 58.9 cm³/mol. The first kappa shape index (κ1) is 12.7. The molecule has 2 unspecified atom stereocenters. The molecule has 0 saturated carbocycles. The van der Waals surface area contributed by atoms with Crippen molar-refractivity contribution in [1.82, 2.24) is 4.98 Å². The molecule has 0 aromatic carbocycles. The number of aliphatic hydroxyl groups is 2. The van der Waals surface area contributed by atoms with Gasteiger partial charge < -0.3 is 15.9 Å². The topological polar surface area (TPSA) is 79.4 Å². The van der Waals surface area contributed by atoms with Crippen molar-refractivity contribution in [2.75, 3.05) is 6.54 Å². The highest BCUT2D eigenvalue weighted by atomic mass is 35.5. The van der Waals surface area contributed by atoms with E-state index in [2.05, 4.69) is 4.98 Å². The van der Waals surface area contributed by atoms with Crippen molar-refractivity contribution in [2.45, 2.75) is 18.6 Å². The van der Waals surface area contributed by atoms with Crippen molar-refractivity contribution in [3.63, 3.8) is 0 Å². The van der Waals surface area contributed by atoms with E-state index in [1.54, 1.807) is 0 Å². The summed E-state index contributed by atoms with van der Waals surface area (Å²) in [6.07, 6.45) is -1.75. The van der Waals surface area contributed by atoms with Gasteiger partial charge in [0.15, 0.2) is 0 Å². The Labute approximate surface area is 97.6 Å². The van der Waals surface area contributed by atoms with E-state index in [0.717, 1.165) is 0 Å². The van der Waals surface area contributed by atoms with Crippen LogP contribution >= 0.6 is 23.2 Å². The normalized spacial score (nSPS) is 15.0. The van der Waals surface area contributed by atoms with E-state index < -0.39 is 12.2 Å². The fourth-order valence-electron chi connectivity index (χ4n) is 1.18. The Morgan fingerprint density at radius 1 is 1.33 bits per heavy atom. The van der Waals surface area contributed by atoms with Crippen LogP contribution < -0.4 is 5.73 Å². The Morgan fingerprint density at radius 3 is 2.53 bits per heavy atom. The number of aromatic nitrogens is 1. The van der Waals surface area contributed by atoms with Crippen molar-refractivity contribution in [1.29, 1.82) is 0 Å². The molecule has 1 aromatic heterocycles. The highest BCUT2D eigenvalue weighted by Gasteiger charge is 2.20. The first-order chi connectivity index (χ1) is 7.06. The molecule has 1 aromatic rings. The first-order valence-corrected chi connectivity index (χ1v) is 5.20. The van der Waals surface area contributed by atoms with Gasteiger partial charge in [0, 0.05) is 5.56 Å². The average Bonchev–Trinajstić information content (AvgIpc) is 2.17. The minimum absolute atomic E-state index is 0.0890. The zero-order valence-corrected chi connectivity index (χ0v) is 9.41. The smallest absolute Gasteiger partial charge is 0.136 e.